The Morgan fingerprint density at radius 2 is 1.42 bits per heavy atom. The van der Waals surface area contributed by atoms with Crippen LogP contribution in [0.4, 0.5) is 0 Å². The maximum absolute atomic E-state index is 13.5. The molecule has 31 heavy (non-hydrogen) atoms. The van der Waals surface area contributed by atoms with Crippen LogP contribution in [0, 0.1) is 10.8 Å². The summed E-state index contributed by atoms with van der Waals surface area (Å²) in [6.07, 6.45) is 0.457. The number of carbonyl (C=O) groups is 4. The van der Waals surface area contributed by atoms with E-state index in [-0.39, 0.29) is 13.0 Å². The van der Waals surface area contributed by atoms with Crippen molar-refractivity contribution in [2.45, 2.75) is 67.0 Å². The molecule has 0 spiro atoms. The van der Waals surface area contributed by atoms with Gasteiger partial charge in [0.15, 0.2) is 0 Å². The number of piperidine rings is 1. The molecule has 178 valence electrons. The Morgan fingerprint density at radius 3 is 1.81 bits per heavy atom. The number of hydroxylamine groups is 2. The molecule has 1 aliphatic heterocycles. The van der Waals surface area contributed by atoms with Crippen molar-refractivity contribution in [1.82, 2.24) is 5.06 Å². The number of amides is 1. The van der Waals surface area contributed by atoms with Crippen molar-refractivity contribution in [3.05, 3.63) is 0 Å². The normalized spacial score (nSPS) is 17.8. The molecular weight excluding hydrogens is 433 g/mol. The fourth-order valence-corrected chi connectivity index (χ4v) is 4.06. The van der Waals surface area contributed by atoms with Gasteiger partial charge >= 0.3 is 25.5 Å². The van der Waals surface area contributed by atoms with Gasteiger partial charge in [0.2, 0.25) is 13.6 Å². The molecule has 1 unspecified atom stereocenters. The van der Waals surface area contributed by atoms with Crippen LogP contribution in [0.3, 0.4) is 0 Å². The summed E-state index contributed by atoms with van der Waals surface area (Å²) >= 11 is 0. The predicted octanol–water partition coefficient (Wildman–Crippen LogP) is 2.78. The van der Waals surface area contributed by atoms with Crippen molar-refractivity contribution in [3.63, 3.8) is 0 Å². The molecule has 1 fully saturated rings. The molecule has 1 saturated heterocycles. The lowest BCUT2D eigenvalue weighted by atomic mass is 9.98. The van der Waals surface area contributed by atoms with Crippen LogP contribution in [0.25, 0.3) is 0 Å². The molecule has 0 aliphatic carbocycles. The zero-order chi connectivity index (χ0) is 24.0. The monoisotopic (exact) mass is 465 g/mol. The second-order valence-electron chi connectivity index (χ2n) is 9.08. The Balaban J connectivity index is 2.96. The van der Waals surface area contributed by atoms with Crippen LogP contribution in [0.2, 0.25) is 0 Å². The van der Waals surface area contributed by atoms with E-state index in [1.165, 1.54) is 0 Å². The average Bonchev–Trinajstić information content (AvgIpc) is 2.61. The van der Waals surface area contributed by atoms with E-state index in [9.17, 15) is 23.7 Å². The fourth-order valence-electron chi connectivity index (χ4n) is 2.32. The zero-order valence-corrected chi connectivity index (χ0v) is 20.0. The molecule has 11 nitrogen and oxygen atoms in total. The van der Waals surface area contributed by atoms with Crippen molar-refractivity contribution in [1.29, 1.82) is 0 Å². The summed E-state index contributed by atoms with van der Waals surface area (Å²) < 4.78 is 33.9. The summed E-state index contributed by atoms with van der Waals surface area (Å²) in [7, 11) is -4.29. The van der Waals surface area contributed by atoms with Crippen molar-refractivity contribution in [2.75, 3.05) is 20.1 Å². The summed E-state index contributed by atoms with van der Waals surface area (Å²) in [5.74, 6) is -2.73. The molecular formula is C19H32NO10P. The Hall–Kier alpha value is -1.97. The highest BCUT2D eigenvalue weighted by Gasteiger charge is 2.47. The Labute approximate surface area is 182 Å². The molecule has 12 heteroatoms. The maximum atomic E-state index is 13.5. The van der Waals surface area contributed by atoms with E-state index in [1.54, 1.807) is 41.5 Å². The van der Waals surface area contributed by atoms with Crippen LogP contribution in [0.15, 0.2) is 0 Å². The highest BCUT2D eigenvalue weighted by molar-refractivity contribution is 7.55. The van der Waals surface area contributed by atoms with Gasteiger partial charge in [0.1, 0.15) is 5.66 Å². The number of hydrogen-bond acceptors (Lipinski definition) is 10. The van der Waals surface area contributed by atoms with Gasteiger partial charge in [0, 0.05) is 6.92 Å². The van der Waals surface area contributed by atoms with Crippen LogP contribution in [0.5, 0.6) is 0 Å². The summed E-state index contributed by atoms with van der Waals surface area (Å²) in [4.78, 5) is 52.7. The van der Waals surface area contributed by atoms with Gasteiger partial charge in [-0.05, 0) is 54.4 Å². The Kier molecular flexibility index (Phi) is 9.22. The lowest BCUT2D eigenvalue weighted by Gasteiger charge is -2.33. The van der Waals surface area contributed by atoms with E-state index in [2.05, 4.69) is 0 Å². The number of carbonyl (C=O) groups excluding carboxylic acids is 4. The van der Waals surface area contributed by atoms with Gasteiger partial charge in [0.05, 0.1) is 17.4 Å². The quantitative estimate of drug-likeness (QED) is 0.299. The minimum absolute atomic E-state index is 0.105. The van der Waals surface area contributed by atoms with Gasteiger partial charge < -0.3 is 14.3 Å². The minimum Gasteiger partial charge on any atom is -0.438 e. The predicted molar refractivity (Wildman–Crippen MR) is 107 cm³/mol. The molecule has 0 aromatic heterocycles. The van der Waals surface area contributed by atoms with Crippen LogP contribution >= 0.6 is 7.60 Å². The first kappa shape index (κ1) is 27.1. The topological polar surface area (TPSA) is 135 Å². The molecule has 0 saturated carbocycles. The molecule has 0 aromatic rings. The Bertz CT molecular complexity index is 701. The molecule has 1 aliphatic rings. The Morgan fingerprint density at radius 1 is 0.968 bits per heavy atom. The second-order valence-corrected chi connectivity index (χ2v) is 11.3. The van der Waals surface area contributed by atoms with Crippen LogP contribution in [-0.2, 0) is 47.1 Å². The molecule has 0 bridgehead atoms. The molecule has 0 aromatic carbocycles. The standard InChI is InChI=1S/C19H32NO10P/c1-13(21)30-20-10-8-9-14(15(20)22)31(25,28-11-26-16(23)18(2,3)4)29-12-27-17(24)19(5,6)7/h14H,8-12H2,1-7H3. The SMILES string of the molecule is CC(=O)ON1CCCC(P(=O)(OCOC(=O)C(C)(C)C)OCOC(=O)C(C)(C)C)C1=O. The molecule has 1 amide bonds. The van der Waals surface area contributed by atoms with Crippen molar-refractivity contribution < 1.29 is 47.1 Å². The van der Waals surface area contributed by atoms with E-state index in [4.69, 9.17) is 23.4 Å². The van der Waals surface area contributed by atoms with Gasteiger partial charge in [0.25, 0.3) is 5.91 Å². The number of ether oxygens (including phenoxy) is 2. The van der Waals surface area contributed by atoms with Gasteiger partial charge in [-0.15, -0.1) is 0 Å². The largest absolute Gasteiger partial charge is 0.438 e. The van der Waals surface area contributed by atoms with Gasteiger partial charge in [-0.2, -0.15) is 5.06 Å². The molecule has 1 heterocycles. The van der Waals surface area contributed by atoms with E-state index in [0.29, 0.717) is 6.42 Å². The van der Waals surface area contributed by atoms with Crippen LogP contribution in [0.1, 0.15) is 61.3 Å². The summed E-state index contributed by atoms with van der Waals surface area (Å²) in [5, 5.41) is 0.790. The minimum atomic E-state index is -4.29. The smallest absolute Gasteiger partial charge is 0.349 e. The number of rotatable bonds is 8. The van der Waals surface area contributed by atoms with Crippen LogP contribution in [-0.4, -0.2) is 54.7 Å². The number of esters is 2. The van der Waals surface area contributed by atoms with E-state index >= 15 is 0 Å². The molecule has 0 N–H and O–H groups in total. The summed E-state index contributed by atoms with van der Waals surface area (Å²) in [6, 6.07) is 0. The van der Waals surface area contributed by atoms with E-state index in [1.807, 2.05) is 0 Å². The lowest BCUT2D eigenvalue weighted by molar-refractivity contribution is -0.199. The molecule has 0 radical (unpaired) electrons. The average molecular weight is 465 g/mol. The first-order valence-corrected chi connectivity index (χ1v) is 11.4. The van der Waals surface area contributed by atoms with Gasteiger partial charge in [-0.3, -0.25) is 32.8 Å². The highest BCUT2D eigenvalue weighted by Crippen LogP contribution is 2.56. The summed E-state index contributed by atoms with van der Waals surface area (Å²) in [5.41, 5.74) is -2.99. The second kappa shape index (κ2) is 10.6. The van der Waals surface area contributed by atoms with E-state index < -0.39 is 61.5 Å². The van der Waals surface area contributed by atoms with Crippen molar-refractivity contribution >= 4 is 31.4 Å². The lowest BCUT2D eigenvalue weighted by Crippen LogP contribution is -2.45. The van der Waals surface area contributed by atoms with Crippen LogP contribution < -0.4 is 0 Å². The molecule has 1 atom stereocenters. The highest BCUT2D eigenvalue weighted by atomic mass is 31.2. The first-order chi connectivity index (χ1) is 14.1. The van der Waals surface area contributed by atoms with Crippen molar-refractivity contribution in [2.24, 2.45) is 10.8 Å². The fraction of sp³-hybridized carbons (Fsp3) is 0.789. The third-order valence-electron chi connectivity index (χ3n) is 4.06. The third kappa shape index (κ3) is 8.23. The number of nitrogens with zero attached hydrogens (tertiary/aromatic N) is 1. The zero-order valence-electron chi connectivity index (χ0n) is 19.1. The van der Waals surface area contributed by atoms with Gasteiger partial charge in [-0.1, -0.05) is 0 Å². The third-order valence-corrected chi connectivity index (χ3v) is 6.23. The van der Waals surface area contributed by atoms with E-state index in [0.717, 1.165) is 12.0 Å². The summed E-state index contributed by atoms with van der Waals surface area (Å²) in [6.45, 7) is 9.51. The molecule has 1 rings (SSSR count). The first-order valence-electron chi connectivity index (χ1n) is 9.81. The maximum Gasteiger partial charge on any atom is 0.349 e. The van der Waals surface area contributed by atoms with Crippen molar-refractivity contribution in [3.8, 4) is 0 Å². The number of hydrogen-bond donors (Lipinski definition) is 0. The van der Waals surface area contributed by atoms with Gasteiger partial charge in [-0.25, -0.2) is 0 Å².